The van der Waals surface area contributed by atoms with Crippen LogP contribution in [0.2, 0.25) is 0 Å². The van der Waals surface area contributed by atoms with Crippen LogP contribution in [0.15, 0.2) is 30.5 Å². The summed E-state index contributed by atoms with van der Waals surface area (Å²) in [5.74, 6) is 2.45. The molecule has 0 bridgehead atoms. The Morgan fingerprint density at radius 3 is 2.78 bits per heavy atom. The summed E-state index contributed by atoms with van der Waals surface area (Å²) in [4.78, 5) is 2.33. The first-order chi connectivity index (χ1) is 8.88. The maximum absolute atomic E-state index is 5.92. The second kappa shape index (κ2) is 5.11. The summed E-state index contributed by atoms with van der Waals surface area (Å²) >= 11 is 5.92. The molecule has 1 aliphatic heterocycles. The van der Waals surface area contributed by atoms with Crippen molar-refractivity contribution in [2.24, 2.45) is 5.92 Å². The average Bonchev–Trinajstić information content (AvgIpc) is 2.47. The molecule has 1 saturated heterocycles. The quantitative estimate of drug-likeness (QED) is 0.778. The van der Waals surface area contributed by atoms with Gasteiger partial charge in [-0.2, -0.15) is 5.10 Å². The first-order valence-corrected chi connectivity index (χ1v) is 6.93. The van der Waals surface area contributed by atoms with Gasteiger partial charge >= 0.3 is 0 Å². The van der Waals surface area contributed by atoms with Crippen LogP contribution in [-0.2, 0) is 0 Å². The van der Waals surface area contributed by atoms with Crippen molar-refractivity contribution in [1.29, 1.82) is 0 Å². The normalized spacial score (nSPS) is 17.3. The van der Waals surface area contributed by atoms with E-state index >= 15 is 0 Å². The first kappa shape index (κ1) is 11.7. The van der Waals surface area contributed by atoms with Gasteiger partial charge in [0.1, 0.15) is 0 Å². The third kappa shape index (κ3) is 2.15. The number of nitrogens with zero attached hydrogens (tertiary/aromatic N) is 3. The summed E-state index contributed by atoms with van der Waals surface area (Å²) in [6.45, 7) is 2.06. The molecule has 0 amide bonds. The van der Waals surface area contributed by atoms with Crippen LogP contribution in [0.1, 0.15) is 12.8 Å². The molecule has 3 nitrogen and oxygen atoms in total. The number of anilines is 1. The summed E-state index contributed by atoms with van der Waals surface area (Å²) in [5.41, 5.74) is 0. The van der Waals surface area contributed by atoms with E-state index in [1.807, 2.05) is 12.3 Å². The molecular formula is C14H16ClN3. The number of piperidine rings is 1. The largest absolute Gasteiger partial charge is 0.355 e. The van der Waals surface area contributed by atoms with Crippen LogP contribution < -0.4 is 4.90 Å². The fourth-order valence-corrected chi connectivity index (χ4v) is 2.85. The molecule has 1 fully saturated rings. The molecule has 0 atom stereocenters. The van der Waals surface area contributed by atoms with Crippen molar-refractivity contribution >= 4 is 28.2 Å². The summed E-state index contributed by atoms with van der Waals surface area (Å²) in [6, 6.07) is 8.29. The van der Waals surface area contributed by atoms with Gasteiger partial charge in [0, 0.05) is 29.7 Å². The minimum atomic E-state index is 0.658. The fourth-order valence-electron chi connectivity index (χ4n) is 2.55. The van der Waals surface area contributed by atoms with E-state index in [9.17, 15) is 0 Å². The molecule has 2 heterocycles. The van der Waals surface area contributed by atoms with Crippen molar-refractivity contribution in [3.63, 3.8) is 0 Å². The number of halogens is 1. The Hall–Kier alpha value is -1.35. The van der Waals surface area contributed by atoms with E-state index in [1.165, 1.54) is 5.39 Å². The molecule has 3 rings (SSSR count). The second-order valence-corrected chi connectivity index (χ2v) is 5.15. The first-order valence-electron chi connectivity index (χ1n) is 6.40. The highest BCUT2D eigenvalue weighted by Gasteiger charge is 2.20. The summed E-state index contributed by atoms with van der Waals surface area (Å²) < 4.78 is 0. The van der Waals surface area contributed by atoms with Crippen molar-refractivity contribution in [2.45, 2.75) is 12.8 Å². The molecule has 1 aromatic carbocycles. The van der Waals surface area contributed by atoms with Crippen LogP contribution in [-0.4, -0.2) is 29.2 Å². The number of fused-ring (bicyclic) bond motifs is 1. The average molecular weight is 262 g/mol. The van der Waals surface area contributed by atoms with Crippen molar-refractivity contribution in [3.8, 4) is 0 Å². The summed E-state index contributed by atoms with van der Waals surface area (Å²) in [6.07, 6.45) is 4.12. The van der Waals surface area contributed by atoms with Gasteiger partial charge in [-0.05, 0) is 18.8 Å². The highest BCUT2D eigenvalue weighted by molar-refractivity contribution is 6.18. The highest BCUT2D eigenvalue weighted by Crippen LogP contribution is 2.27. The third-order valence-electron chi connectivity index (χ3n) is 3.68. The van der Waals surface area contributed by atoms with Crippen LogP contribution in [0.4, 0.5) is 5.82 Å². The van der Waals surface area contributed by atoms with Crippen LogP contribution >= 0.6 is 11.6 Å². The van der Waals surface area contributed by atoms with Crippen LogP contribution in [0.3, 0.4) is 0 Å². The monoisotopic (exact) mass is 261 g/mol. The molecule has 2 aromatic rings. The van der Waals surface area contributed by atoms with E-state index in [0.717, 1.165) is 43.0 Å². The van der Waals surface area contributed by atoms with E-state index in [2.05, 4.69) is 33.3 Å². The smallest absolute Gasteiger partial charge is 0.159 e. The maximum Gasteiger partial charge on any atom is 0.159 e. The molecule has 0 unspecified atom stereocenters. The number of hydrogen-bond acceptors (Lipinski definition) is 3. The molecule has 0 N–H and O–H groups in total. The predicted octanol–water partition coefficient (Wildman–Crippen LogP) is 3.09. The van der Waals surface area contributed by atoms with Crippen LogP contribution in [0.5, 0.6) is 0 Å². The van der Waals surface area contributed by atoms with Gasteiger partial charge in [0.25, 0.3) is 0 Å². The second-order valence-electron chi connectivity index (χ2n) is 4.84. The predicted molar refractivity (Wildman–Crippen MR) is 75.2 cm³/mol. The van der Waals surface area contributed by atoms with E-state index in [0.29, 0.717) is 5.92 Å². The fraction of sp³-hybridized carbons (Fsp3) is 0.429. The van der Waals surface area contributed by atoms with E-state index in [1.54, 1.807) is 0 Å². The Bertz CT molecular complexity index is 530. The Morgan fingerprint density at radius 2 is 2.00 bits per heavy atom. The van der Waals surface area contributed by atoms with Gasteiger partial charge in [0.2, 0.25) is 0 Å². The molecule has 0 radical (unpaired) electrons. The zero-order chi connectivity index (χ0) is 12.4. The van der Waals surface area contributed by atoms with Crippen molar-refractivity contribution in [1.82, 2.24) is 10.2 Å². The number of hydrogen-bond donors (Lipinski definition) is 0. The van der Waals surface area contributed by atoms with Crippen molar-refractivity contribution in [2.75, 3.05) is 23.9 Å². The third-order valence-corrected chi connectivity index (χ3v) is 4.12. The summed E-state index contributed by atoms with van der Waals surface area (Å²) in [7, 11) is 0. The molecule has 0 aliphatic carbocycles. The highest BCUT2D eigenvalue weighted by atomic mass is 35.5. The van der Waals surface area contributed by atoms with Gasteiger partial charge in [0.15, 0.2) is 5.82 Å². The number of aromatic nitrogens is 2. The van der Waals surface area contributed by atoms with Crippen LogP contribution in [0.25, 0.3) is 10.8 Å². The Morgan fingerprint density at radius 1 is 1.22 bits per heavy atom. The SMILES string of the molecule is ClCC1CCN(c2nncc3ccccc23)CC1. The molecular weight excluding hydrogens is 246 g/mol. The molecule has 0 saturated carbocycles. The molecule has 94 valence electrons. The van der Waals surface area contributed by atoms with E-state index in [-0.39, 0.29) is 0 Å². The number of benzene rings is 1. The maximum atomic E-state index is 5.92. The number of alkyl halides is 1. The molecule has 4 heteroatoms. The van der Waals surface area contributed by atoms with Crippen molar-refractivity contribution in [3.05, 3.63) is 30.5 Å². The Kier molecular flexibility index (Phi) is 3.33. The lowest BCUT2D eigenvalue weighted by Gasteiger charge is -2.32. The molecule has 0 spiro atoms. The lowest BCUT2D eigenvalue weighted by molar-refractivity contribution is 0.441. The Balaban J connectivity index is 1.91. The molecule has 18 heavy (non-hydrogen) atoms. The standard InChI is InChI=1S/C14H16ClN3/c15-9-11-5-7-18(8-6-11)14-13-4-2-1-3-12(13)10-16-17-14/h1-4,10-11H,5-9H2. The van der Waals surface area contributed by atoms with Gasteiger partial charge in [-0.1, -0.05) is 24.3 Å². The Labute approximate surface area is 112 Å². The molecule has 1 aliphatic rings. The topological polar surface area (TPSA) is 29.0 Å². The zero-order valence-corrected chi connectivity index (χ0v) is 11.0. The van der Waals surface area contributed by atoms with Gasteiger partial charge in [-0.3, -0.25) is 0 Å². The van der Waals surface area contributed by atoms with Gasteiger partial charge < -0.3 is 4.90 Å². The zero-order valence-electron chi connectivity index (χ0n) is 10.2. The lowest BCUT2D eigenvalue weighted by Crippen LogP contribution is -2.35. The van der Waals surface area contributed by atoms with Gasteiger partial charge in [0.05, 0.1) is 6.20 Å². The number of rotatable bonds is 2. The van der Waals surface area contributed by atoms with Gasteiger partial charge in [-0.25, -0.2) is 0 Å². The van der Waals surface area contributed by atoms with E-state index in [4.69, 9.17) is 11.6 Å². The van der Waals surface area contributed by atoms with Crippen molar-refractivity contribution < 1.29 is 0 Å². The minimum Gasteiger partial charge on any atom is -0.355 e. The van der Waals surface area contributed by atoms with Gasteiger partial charge in [-0.15, -0.1) is 16.7 Å². The molecule has 1 aromatic heterocycles. The van der Waals surface area contributed by atoms with E-state index < -0.39 is 0 Å². The lowest BCUT2D eigenvalue weighted by atomic mass is 9.98. The van der Waals surface area contributed by atoms with Crippen LogP contribution in [0, 0.1) is 5.92 Å². The summed E-state index contributed by atoms with van der Waals surface area (Å²) in [5, 5.41) is 10.8. The minimum absolute atomic E-state index is 0.658.